The lowest BCUT2D eigenvalue weighted by molar-refractivity contribution is -0.122. The lowest BCUT2D eigenvalue weighted by Crippen LogP contribution is -2.40. The van der Waals surface area contributed by atoms with Gasteiger partial charge >= 0.3 is 0 Å². The molecule has 1 aliphatic heterocycles. The summed E-state index contributed by atoms with van der Waals surface area (Å²) < 4.78 is 5.38. The Kier molecular flexibility index (Phi) is 3.95. The Bertz CT molecular complexity index is 739. The van der Waals surface area contributed by atoms with Gasteiger partial charge in [-0.05, 0) is 42.2 Å². The summed E-state index contributed by atoms with van der Waals surface area (Å²) in [6.45, 7) is 3.88. The highest BCUT2D eigenvalue weighted by Crippen LogP contribution is 2.47. The third kappa shape index (κ3) is 2.42. The molecular formula is C20H21NO2. The minimum absolute atomic E-state index is 0.115. The van der Waals surface area contributed by atoms with Crippen LogP contribution in [0.1, 0.15) is 17.5 Å². The van der Waals surface area contributed by atoms with Gasteiger partial charge in [0.2, 0.25) is 5.91 Å². The summed E-state index contributed by atoms with van der Waals surface area (Å²) in [7, 11) is 3.48. The molecule has 0 N–H and O–H groups in total. The Hall–Kier alpha value is -2.55. The highest BCUT2D eigenvalue weighted by molar-refractivity contribution is 6.08. The molecule has 0 radical (unpaired) electrons. The molecule has 0 saturated heterocycles. The summed E-state index contributed by atoms with van der Waals surface area (Å²) in [5.74, 6) is 0.887. The molecule has 1 heterocycles. The summed E-state index contributed by atoms with van der Waals surface area (Å²) in [4.78, 5) is 14.9. The molecule has 3 rings (SSSR count). The van der Waals surface area contributed by atoms with Gasteiger partial charge in [-0.1, -0.05) is 36.4 Å². The van der Waals surface area contributed by atoms with Gasteiger partial charge in [0.05, 0.1) is 12.5 Å². The van der Waals surface area contributed by atoms with Crippen LogP contribution in [0.5, 0.6) is 5.75 Å². The smallest absolute Gasteiger partial charge is 0.238 e. The Morgan fingerprint density at radius 2 is 1.96 bits per heavy atom. The quantitative estimate of drug-likeness (QED) is 0.788. The second kappa shape index (κ2) is 5.92. The van der Waals surface area contributed by atoms with Crippen LogP contribution >= 0.6 is 0 Å². The number of benzene rings is 2. The zero-order valence-electron chi connectivity index (χ0n) is 13.6. The number of likely N-dealkylation sites (N-methyl/N-ethyl adjacent to an activating group) is 1. The predicted molar refractivity (Wildman–Crippen MR) is 93.0 cm³/mol. The maximum Gasteiger partial charge on any atom is 0.238 e. The number of methoxy groups -OCH3 is 1. The van der Waals surface area contributed by atoms with Gasteiger partial charge in [0, 0.05) is 12.7 Å². The molecule has 118 valence electrons. The molecule has 0 fully saturated rings. The predicted octanol–water partition coefficient (Wildman–Crippen LogP) is 3.73. The zero-order valence-corrected chi connectivity index (χ0v) is 13.6. The van der Waals surface area contributed by atoms with Crippen molar-refractivity contribution in [2.45, 2.75) is 18.3 Å². The minimum atomic E-state index is -0.609. The van der Waals surface area contributed by atoms with E-state index in [1.165, 1.54) is 0 Å². The highest BCUT2D eigenvalue weighted by atomic mass is 16.5. The fourth-order valence-corrected chi connectivity index (χ4v) is 3.49. The average molecular weight is 307 g/mol. The van der Waals surface area contributed by atoms with Crippen LogP contribution in [-0.4, -0.2) is 20.1 Å². The number of carbonyl (C=O) groups is 1. The van der Waals surface area contributed by atoms with Crippen molar-refractivity contribution in [1.29, 1.82) is 0 Å². The molecular weight excluding hydrogens is 286 g/mol. The highest BCUT2D eigenvalue weighted by Gasteiger charge is 2.48. The molecule has 0 saturated carbocycles. The number of allylic oxidation sites excluding steroid dienone is 1. The number of rotatable bonds is 5. The molecule has 2 aromatic rings. The SMILES string of the molecule is C=CCC1(Cc2ccccc2)C(=O)N(C)c2ccc(OC)cc21. The van der Waals surface area contributed by atoms with Crippen molar-refractivity contribution in [2.75, 3.05) is 19.1 Å². The van der Waals surface area contributed by atoms with Crippen LogP contribution in [-0.2, 0) is 16.6 Å². The van der Waals surface area contributed by atoms with Crippen LogP contribution in [0.3, 0.4) is 0 Å². The normalized spacial score (nSPS) is 19.6. The Labute approximate surface area is 137 Å². The summed E-state index contributed by atoms with van der Waals surface area (Å²) >= 11 is 0. The van der Waals surface area contributed by atoms with Crippen LogP contribution in [0.2, 0.25) is 0 Å². The maximum atomic E-state index is 13.1. The molecule has 0 aromatic heterocycles. The Morgan fingerprint density at radius 1 is 1.22 bits per heavy atom. The lowest BCUT2D eigenvalue weighted by atomic mass is 9.74. The first-order chi connectivity index (χ1) is 11.1. The fourth-order valence-electron chi connectivity index (χ4n) is 3.49. The van der Waals surface area contributed by atoms with E-state index < -0.39 is 5.41 Å². The van der Waals surface area contributed by atoms with Gasteiger partial charge in [-0.3, -0.25) is 4.79 Å². The largest absolute Gasteiger partial charge is 0.497 e. The van der Waals surface area contributed by atoms with E-state index in [4.69, 9.17) is 4.74 Å². The lowest BCUT2D eigenvalue weighted by Gasteiger charge is -2.27. The molecule has 1 aliphatic rings. The molecule has 0 bridgehead atoms. The van der Waals surface area contributed by atoms with Crippen LogP contribution in [0, 0.1) is 0 Å². The number of anilines is 1. The number of carbonyl (C=O) groups excluding carboxylic acids is 1. The van der Waals surface area contributed by atoms with Crippen LogP contribution in [0.25, 0.3) is 0 Å². The van der Waals surface area contributed by atoms with Crippen molar-refractivity contribution in [1.82, 2.24) is 0 Å². The van der Waals surface area contributed by atoms with E-state index in [9.17, 15) is 4.79 Å². The molecule has 2 aromatic carbocycles. The third-order valence-electron chi connectivity index (χ3n) is 4.64. The fraction of sp³-hybridized carbons (Fsp3) is 0.250. The molecule has 3 heteroatoms. The number of hydrogen-bond acceptors (Lipinski definition) is 2. The van der Waals surface area contributed by atoms with E-state index in [1.807, 2.05) is 49.5 Å². The van der Waals surface area contributed by atoms with E-state index in [0.29, 0.717) is 12.8 Å². The summed E-state index contributed by atoms with van der Waals surface area (Å²) in [6.07, 6.45) is 3.09. The Morgan fingerprint density at radius 3 is 2.61 bits per heavy atom. The van der Waals surface area contributed by atoms with E-state index in [-0.39, 0.29) is 5.91 Å². The molecule has 0 aliphatic carbocycles. The standard InChI is InChI=1S/C20H21NO2/c1-4-12-20(14-15-8-6-5-7-9-15)17-13-16(23-3)10-11-18(17)21(2)19(20)22/h4-11,13H,1,12,14H2,2-3H3. The van der Waals surface area contributed by atoms with Crippen molar-refractivity contribution in [2.24, 2.45) is 0 Å². The van der Waals surface area contributed by atoms with E-state index in [1.54, 1.807) is 12.0 Å². The van der Waals surface area contributed by atoms with Gasteiger partial charge in [-0.2, -0.15) is 0 Å². The van der Waals surface area contributed by atoms with Gasteiger partial charge < -0.3 is 9.64 Å². The van der Waals surface area contributed by atoms with Gasteiger partial charge in [0.15, 0.2) is 0 Å². The molecule has 0 spiro atoms. The van der Waals surface area contributed by atoms with Gasteiger partial charge in [-0.15, -0.1) is 6.58 Å². The van der Waals surface area contributed by atoms with Crippen molar-refractivity contribution in [3.05, 3.63) is 72.3 Å². The minimum Gasteiger partial charge on any atom is -0.497 e. The summed E-state index contributed by atoms with van der Waals surface area (Å²) in [6, 6.07) is 16.0. The van der Waals surface area contributed by atoms with Crippen molar-refractivity contribution in [3.8, 4) is 5.75 Å². The summed E-state index contributed by atoms with van der Waals surface area (Å²) in [5.41, 5.74) is 2.51. The van der Waals surface area contributed by atoms with E-state index >= 15 is 0 Å². The van der Waals surface area contributed by atoms with Gasteiger partial charge in [-0.25, -0.2) is 0 Å². The van der Waals surface area contributed by atoms with Crippen LogP contribution in [0.15, 0.2) is 61.2 Å². The number of fused-ring (bicyclic) bond motifs is 1. The second-order valence-corrected chi connectivity index (χ2v) is 5.98. The number of ether oxygens (including phenoxy) is 1. The van der Waals surface area contributed by atoms with Crippen molar-refractivity contribution < 1.29 is 9.53 Å². The molecule has 3 nitrogen and oxygen atoms in total. The molecule has 1 amide bonds. The van der Waals surface area contributed by atoms with E-state index in [2.05, 4.69) is 18.7 Å². The first-order valence-corrected chi connectivity index (χ1v) is 7.74. The van der Waals surface area contributed by atoms with Gasteiger partial charge in [0.1, 0.15) is 5.75 Å². The first kappa shape index (κ1) is 15.3. The number of amides is 1. The van der Waals surface area contributed by atoms with Crippen molar-refractivity contribution >= 4 is 11.6 Å². The second-order valence-electron chi connectivity index (χ2n) is 5.98. The molecule has 1 unspecified atom stereocenters. The van der Waals surface area contributed by atoms with Crippen LogP contribution < -0.4 is 9.64 Å². The average Bonchev–Trinajstić information content (AvgIpc) is 2.78. The van der Waals surface area contributed by atoms with Crippen molar-refractivity contribution in [3.63, 3.8) is 0 Å². The zero-order chi connectivity index (χ0) is 16.4. The topological polar surface area (TPSA) is 29.5 Å². The number of nitrogens with zero attached hydrogens (tertiary/aromatic N) is 1. The monoisotopic (exact) mass is 307 g/mol. The van der Waals surface area contributed by atoms with Gasteiger partial charge in [0.25, 0.3) is 0 Å². The summed E-state index contributed by atoms with van der Waals surface area (Å²) in [5, 5.41) is 0. The Balaban J connectivity index is 2.16. The molecule has 23 heavy (non-hydrogen) atoms. The third-order valence-corrected chi connectivity index (χ3v) is 4.64. The van der Waals surface area contributed by atoms with E-state index in [0.717, 1.165) is 22.6 Å². The number of hydrogen-bond donors (Lipinski definition) is 0. The first-order valence-electron chi connectivity index (χ1n) is 7.74. The maximum absolute atomic E-state index is 13.1. The van der Waals surface area contributed by atoms with Crippen LogP contribution in [0.4, 0.5) is 5.69 Å². The molecule has 1 atom stereocenters.